The van der Waals surface area contributed by atoms with Gasteiger partial charge in [-0.15, -0.1) is 0 Å². The Labute approximate surface area is 99.1 Å². The van der Waals surface area contributed by atoms with Gasteiger partial charge in [-0.25, -0.2) is 0 Å². The second-order valence-corrected chi connectivity index (χ2v) is 4.80. The molecule has 1 aliphatic carbocycles. The number of rotatable bonds is 1. The van der Waals surface area contributed by atoms with E-state index in [4.69, 9.17) is 12.2 Å². The van der Waals surface area contributed by atoms with E-state index in [-0.39, 0.29) is 0 Å². The van der Waals surface area contributed by atoms with Gasteiger partial charge in [0.25, 0.3) is 0 Å². The SMILES string of the molecule is CSC(=S)N/N=C1\CCc2ccccc21. The molecule has 0 spiro atoms. The molecule has 1 aliphatic rings. The van der Waals surface area contributed by atoms with Crippen LogP contribution in [0.3, 0.4) is 0 Å². The third-order valence-corrected chi connectivity index (χ3v) is 3.48. The molecule has 78 valence electrons. The van der Waals surface area contributed by atoms with Crippen molar-refractivity contribution < 1.29 is 0 Å². The summed E-state index contributed by atoms with van der Waals surface area (Å²) < 4.78 is 0.715. The first-order valence-electron chi connectivity index (χ1n) is 4.80. The molecule has 0 atom stereocenters. The summed E-state index contributed by atoms with van der Waals surface area (Å²) in [5.74, 6) is 0. The van der Waals surface area contributed by atoms with Gasteiger partial charge < -0.3 is 0 Å². The van der Waals surface area contributed by atoms with Crippen molar-refractivity contribution in [3.8, 4) is 0 Å². The average molecular weight is 236 g/mol. The lowest BCUT2D eigenvalue weighted by atomic mass is 10.1. The van der Waals surface area contributed by atoms with Gasteiger partial charge in [-0.1, -0.05) is 48.2 Å². The minimum atomic E-state index is 0.715. The van der Waals surface area contributed by atoms with Crippen LogP contribution in [-0.4, -0.2) is 16.3 Å². The van der Waals surface area contributed by atoms with Crippen molar-refractivity contribution in [3.05, 3.63) is 35.4 Å². The van der Waals surface area contributed by atoms with Crippen LogP contribution in [0.4, 0.5) is 0 Å². The number of benzene rings is 1. The molecule has 1 aromatic rings. The van der Waals surface area contributed by atoms with E-state index in [0.717, 1.165) is 18.6 Å². The Kier molecular flexibility index (Phi) is 3.38. The molecule has 1 N–H and O–H groups in total. The molecule has 0 heterocycles. The Morgan fingerprint density at radius 3 is 3.00 bits per heavy atom. The van der Waals surface area contributed by atoms with E-state index in [0.29, 0.717) is 4.32 Å². The molecule has 1 aromatic carbocycles. The quantitative estimate of drug-likeness (QED) is 0.599. The van der Waals surface area contributed by atoms with Crippen LogP contribution in [0.25, 0.3) is 0 Å². The van der Waals surface area contributed by atoms with Crippen molar-refractivity contribution in [1.82, 2.24) is 5.43 Å². The van der Waals surface area contributed by atoms with Crippen LogP contribution in [0.15, 0.2) is 29.4 Å². The monoisotopic (exact) mass is 236 g/mol. The smallest absolute Gasteiger partial charge is 0.153 e. The third kappa shape index (κ3) is 2.38. The Bertz CT molecular complexity index is 413. The average Bonchev–Trinajstić information content (AvgIpc) is 2.69. The van der Waals surface area contributed by atoms with E-state index in [9.17, 15) is 0 Å². The standard InChI is InChI=1S/C11H12N2S2/c1-15-11(14)13-12-10-7-6-8-4-2-3-5-9(8)10/h2-5H,6-7H2,1H3,(H,13,14)/b12-10+. The molecule has 0 radical (unpaired) electrons. The highest BCUT2D eigenvalue weighted by Crippen LogP contribution is 2.21. The summed E-state index contributed by atoms with van der Waals surface area (Å²) in [4.78, 5) is 0. The van der Waals surface area contributed by atoms with E-state index in [2.05, 4.69) is 28.7 Å². The first kappa shape index (κ1) is 10.6. The lowest BCUT2D eigenvalue weighted by Gasteiger charge is -2.01. The van der Waals surface area contributed by atoms with Crippen molar-refractivity contribution in [1.29, 1.82) is 0 Å². The zero-order valence-electron chi connectivity index (χ0n) is 8.49. The highest BCUT2D eigenvalue weighted by molar-refractivity contribution is 8.22. The molecule has 4 heteroatoms. The van der Waals surface area contributed by atoms with E-state index in [1.807, 2.05) is 12.3 Å². The molecular formula is C11H12N2S2. The van der Waals surface area contributed by atoms with Crippen LogP contribution in [0.1, 0.15) is 17.5 Å². The van der Waals surface area contributed by atoms with Crippen LogP contribution in [-0.2, 0) is 6.42 Å². The van der Waals surface area contributed by atoms with Crippen LogP contribution >= 0.6 is 24.0 Å². The molecular weight excluding hydrogens is 224 g/mol. The molecule has 2 nitrogen and oxygen atoms in total. The van der Waals surface area contributed by atoms with Gasteiger partial charge in [-0.05, 0) is 24.7 Å². The molecule has 15 heavy (non-hydrogen) atoms. The summed E-state index contributed by atoms with van der Waals surface area (Å²) in [6.45, 7) is 0. The second-order valence-electron chi connectivity index (χ2n) is 3.32. The Balaban J connectivity index is 2.17. The summed E-state index contributed by atoms with van der Waals surface area (Å²) in [5, 5.41) is 4.34. The summed E-state index contributed by atoms with van der Waals surface area (Å²) in [7, 11) is 0. The fraction of sp³-hybridized carbons (Fsp3) is 0.273. The highest BCUT2D eigenvalue weighted by atomic mass is 32.2. The molecule has 0 bridgehead atoms. The number of aryl methyl sites for hydroxylation is 1. The minimum absolute atomic E-state index is 0.715. The lowest BCUT2D eigenvalue weighted by molar-refractivity contribution is 1.03. The normalized spacial score (nSPS) is 16.5. The minimum Gasteiger partial charge on any atom is -0.262 e. The van der Waals surface area contributed by atoms with Gasteiger partial charge in [0.05, 0.1) is 5.71 Å². The summed E-state index contributed by atoms with van der Waals surface area (Å²) >= 11 is 6.54. The van der Waals surface area contributed by atoms with Crippen LogP contribution < -0.4 is 5.43 Å². The number of hydrazone groups is 1. The number of hydrogen-bond donors (Lipinski definition) is 1. The molecule has 0 saturated heterocycles. The molecule has 0 aromatic heterocycles. The zero-order valence-corrected chi connectivity index (χ0v) is 10.1. The highest BCUT2D eigenvalue weighted by Gasteiger charge is 2.16. The summed E-state index contributed by atoms with van der Waals surface area (Å²) in [6.07, 6.45) is 4.03. The van der Waals surface area contributed by atoms with Crippen molar-refractivity contribution in [2.24, 2.45) is 5.10 Å². The van der Waals surface area contributed by atoms with Crippen molar-refractivity contribution in [2.75, 3.05) is 6.26 Å². The zero-order chi connectivity index (χ0) is 10.7. The van der Waals surface area contributed by atoms with E-state index >= 15 is 0 Å². The number of thioether (sulfide) groups is 1. The third-order valence-electron chi connectivity index (χ3n) is 2.43. The Hall–Kier alpha value is -0.870. The summed E-state index contributed by atoms with van der Waals surface area (Å²) in [5.41, 5.74) is 6.65. The van der Waals surface area contributed by atoms with Gasteiger partial charge in [0.15, 0.2) is 4.32 Å². The van der Waals surface area contributed by atoms with Crippen molar-refractivity contribution >= 4 is 34.0 Å². The molecule has 0 aliphatic heterocycles. The first-order chi connectivity index (χ1) is 7.31. The van der Waals surface area contributed by atoms with Crippen LogP contribution in [0.5, 0.6) is 0 Å². The maximum atomic E-state index is 5.03. The van der Waals surface area contributed by atoms with Gasteiger partial charge in [-0.3, -0.25) is 5.43 Å². The topological polar surface area (TPSA) is 24.4 Å². The van der Waals surface area contributed by atoms with E-state index in [1.165, 1.54) is 22.9 Å². The Morgan fingerprint density at radius 1 is 1.40 bits per heavy atom. The molecule has 0 fully saturated rings. The van der Waals surface area contributed by atoms with Gasteiger partial charge in [0, 0.05) is 5.56 Å². The van der Waals surface area contributed by atoms with E-state index < -0.39 is 0 Å². The predicted octanol–water partition coefficient (Wildman–Crippen LogP) is 2.57. The largest absolute Gasteiger partial charge is 0.262 e. The fourth-order valence-electron chi connectivity index (χ4n) is 1.68. The maximum absolute atomic E-state index is 5.03. The number of thiocarbonyl (C=S) groups is 1. The maximum Gasteiger partial charge on any atom is 0.153 e. The Morgan fingerprint density at radius 2 is 2.20 bits per heavy atom. The van der Waals surface area contributed by atoms with Crippen LogP contribution in [0, 0.1) is 0 Å². The molecule has 0 saturated carbocycles. The molecule has 2 rings (SSSR count). The molecule has 0 unspecified atom stereocenters. The van der Waals surface area contributed by atoms with Gasteiger partial charge in [0.1, 0.15) is 0 Å². The van der Waals surface area contributed by atoms with Crippen LogP contribution in [0.2, 0.25) is 0 Å². The number of hydrogen-bond acceptors (Lipinski definition) is 3. The number of nitrogens with zero attached hydrogens (tertiary/aromatic N) is 1. The van der Waals surface area contributed by atoms with Crippen molar-refractivity contribution in [2.45, 2.75) is 12.8 Å². The van der Waals surface area contributed by atoms with Crippen molar-refractivity contribution in [3.63, 3.8) is 0 Å². The lowest BCUT2D eigenvalue weighted by Crippen LogP contribution is -2.13. The number of nitrogens with one attached hydrogen (secondary N) is 1. The summed E-state index contributed by atoms with van der Waals surface area (Å²) in [6, 6.07) is 8.39. The van der Waals surface area contributed by atoms with Gasteiger partial charge >= 0.3 is 0 Å². The number of fused-ring (bicyclic) bond motifs is 1. The predicted molar refractivity (Wildman–Crippen MR) is 70.5 cm³/mol. The first-order valence-corrected chi connectivity index (χ1v) is 6.43. The fourth-order valence-corrected chi connectivity index (χ4v) is 1.87. The van der Waals surface area contributed by atoms with E-state index in [1.54, 1.807) is 0 Å². The van der Waals surface area contributed by atoms with Gasteiger partial charge in [-0.2, -0.15) is 5.10 Å². The van der Waals surface area contributed by atoms with Gasteiger partial charge in [0.2, 0.25) is 0 Å². The second kappa shape index (κ2) is 4.77. The molecule has 0 amide bonds.